The number of carbonyl (C=O) groups excluding carboxylic acids is 1. The van der Waals surface area contributed by atoms with Gasteiger partial charge in [-0.05, 0) is 38.5 Å². The molecule has 1 amide bonds. The van der Waals surface area contributed by atoms with Crippen molar-refractivity contribution in [1.29, 1.82) is 0 Å². The van der Waals surface area contributed by atoms with Crippen LogP contribution in [-0.2, 0) is 18.4 Å². The van der Waals surface area contributed by atoms with Crippen molar-refractivity contribution in [2.24, 2.45) is 13.0 Å². The Bertz CT molecular complexity index is 594. The molecule has 0 unspecified atom stereocenters. The first kappa shape index (κ1) is 18.4. The summed E-state index contributed by atoms with van der Waals surface area (Å²) in [5, 5.41) is 18.4. The van der Waals surface area contributed by atoms with Crippen molar-refractivity contribution >= 4 is 5.91 Å². The summed E-state index contributed by atoms with van der Waals surface area (Å²) in [4.78, 5) is 14.8. The number of nitrogens with one attached hydrogen (secondary N) is 1. The molecule has 1 atom stereocenters. The van der Waals surface area contributed by atoms with Crippen LogP contribution < -0.4 is 5.32 Å². The Kier molecular flexibility index (Phi) is 5.79. The van der Waals surface area contributed by atoms with Gasteiger partial charge in [-0.3, -0.25) is 9.48 Å². The van der Waals surface area contributed by atoms with Gasteiger partial charge in [-0.2, -0.15) is 5.10 Å². The van der Waals surface area contributed by atoms with Gasteiger partial charge in [-0.1, -0.05) is 19.3 Å². The van der Waals surface area contributed by atoms with E-state index in [1.54, 1.807) is 0 Å². The van der Waals surface area contributed by atoms with Gasteiger partial charge in [0.05, 0.1) is 6.20 Å². The highest BCUT2D eigenvalue weighted by Crippen LogP contribution is 2.28. The van der Waals surface area contributed by atoms with E-state index in [4.69, 9.17) is 0 Å². The Labute approximate surface area is 150 Å². The minimum Gasteiger partial charge on any atom is -0.379 e. The molecule has 0 spiro atoms. The molecule has 1 aromatic rings. The molecule has 0 bridgehead atoms. The lowest BCUT2D eigenvalue weighted by molar-refractivity contribution is -0.157. The van der Waals surface area contributed by atoms with Gasteiger partial charge >= 0.3 is 0 Å². The van der Waals surface area contributed by atoms with Crippen LogP contribution in [-0.4, -0.2) is 50.9 Å². The number of hydrogen-bond donors (Lipinski definition) is 2. The molecular formula is C19H32N4O2. The molecule has 2 heterocycles. The number of hydrogen-bond acceptors (Lipinski definition) is 4. The van der Waals surface area contributed by atoms with Crippen LogP contribution in [0, 0.1) is 12.8 Å². The predicted octanol–water partition coefficient (Wildman–Crippen LogP) is 1.75. The number of nitrogens with zero attached hydrogens (tertiary/aromatic N) is 3. The summed E-state index contributed by atoms with van der Waals surface area (Å²) in [6.45, 7) is 4.57. The van der Waals surface area contributed by atoms with Gasteiger partial charge in [0.25, 0.3) is 5.91 Å². The Morgan fingerprint density at radius 2 is 2.08 bits per heavy atom. The summed E-state index contributed by atoms with van der Waals surface area (Å²) in [7, 11) is 1.92. The summed E-state index contributed by atoms with van der Waals surface area (Å²) in [5.41, 5.74) is 0.949. The minimum atomic E-state index is -1.26. The molecule has 0 radical (unpaired) electrons. The fourth-order valence-electron chi connectivity index (χ4n) is 4.21. The van der Waals surface area contributed by atoms with Crippen LogP contribution in [0.5, 0.6) is 0 Å². The first-order valence-electron chi connectivity index (χ1n) is 9.69. The molecule has 1 aliphatic carbocycles. The van der Waals surface area contributed by atoms with E-state index in [1.807, 2.05) is 29.7 Å². The fourth-order valence-corrected chi connectivity index (χ4v) is 4.21. The quantitative estimate of drug-likeness (QED) is 0.822. The van der Waals surface area contributed by atoms with Crippen molar-refractivity contribution in [3.63, 3.8) is 0 Å². The molecule has 140 valence electrons. The normalized spacial score (nSPS) is 25.6. The Balaban J connectivity index is 1.54. The molecule has 6 heteroatoms. The predicted molar refractivity (Wildman–Crippen MR) is 97.0 cm³/mol. The van der Waals surface area contributed by atoms with Crippen LogP contribution in [0.2, 0.25) is 0 Å². The first-order chi connectivity index (χ1) is 12.0. The van der Waals surface area contributed by atoms with Crippen LogP contribution in [0.25, 0.3) is 0 Å². The second-order valence-electron chi connectivity index (χ2n) is 7.87. The standard InChI is InChI=1S/C19H32N4O2/c1-15-17(12-21-22(15)2)11-20-14-19(25)9-6-10-23(18(19)24)13-16-7-4-3-5-8-16/h12,16,20,25H,3-11,13-14H2,1-2H3/t19-/m1/s1. The van der Waals surface area contributed by atoms with Crippen LogP contribution >= 0.6 is 0 Å². The molecule has 6 nitrogen and oxygen atoms in total. The van der Waals surface area contributed by atoms with Crippen molar-refractivity contribution < 1.29 is 9.90 Å². The average molecular weight is 348 g/mol. The Morgan fingerprint density at radius 1 is 1.32 bits per heavy atom. The third kappa shape index (κ3) is 4.23. The van der Waals surface area contributed by atoms with E-state index in [0.717, 1.165) is 30.8 Å². The Hall–Kier alpha value is -1.40. The van der Waals surface area contributed by atoms with Gasteiger partial charge in [0, 0.05) is 44.5 Å². The summed E-state index contributed by atoms with van der Waals surface area (Å²) < 4.78 is 1.84. The van der Waals surface area contributed by atoms with E-state index in [9.17, 15) is 9.90 Å². The highest BCUT2D eigenvalue weighted by Gasteiger charge is 2.42. The molecular weight excluding hydrogens is 316 g/mol. The number of rotatable bonds is 6. The van der Waals surface area contributed by atoms with Crippen molar-refractivity contribution in [3.8, 4) is 0 Å². The number of piperidine rings is 1. The number of aliphatic hydroxyl groups is 1. The van der Waals surface area contributed by atoms with Crippen molar-refractivity contribution in [2.75, 3.05) is 19.6 Å². The Morgan fingerprint density at radius 3 is 2.76 bits per heavy atom. The molecule has 25 heavy (non-hydrogen) atoms. The molecule has 1 aliphatic heterocycles. The highest BCUT2D eigenvalue weighted by atomic mass is 16.3. The van der Waals surface area contributed by atoms with Gasteiger partial charge < -0.3 is 15.3 Å². The molecule has 2 N–H and O–H groups in total. The van der Waals surface area contributed by atoms with Crippen LogP contribution in [0.4, 0.5) is 0 Å². The zero-order chi connectivity index (χ0) is 17.9. The van der Waals surface area contributed by atoms with E-state index < -0.39 is 5.60 Å². The van der Waals surface area contributed by atoms with Crippen LogP contribution in [0.1, 0.15) is 56.2 Å². The maximum atomic E-state index is 12.9. The molecule has 1 saturated heterocycles. The lowest BCUT2D eigenvalue weighted by Crippen LogP contribution is -2.58. The molecule has 2 aliphatic rings. The maximum absolute atomic E-state index is 12.9. The lowest BCUT2D eigenvalue weighted by Gasteiger charge is -2.40. The number of aryl methyl sites for hydroxylation is 1. The highest BCUT2D eigenvalue weighted by molar-refractivity contribution is 5.86. The van der Waals surface area contributed by atoms with Crippen LogP contribution in [0.15, 0.2) is 6.20 Å². The largest absolute Gasteiger partial charge is 0.379 e. The summed E-state index contributed by atoms with van der Waals surface area (Å²) >= 11 is 0. The number of carbonyl (C=O) groups is 1. The number of likely N-dealkylation sites (tertiary alicyclic amines) is 1. The summed E-state index contributed by atoms with van der Waals surface area (Å²) in [6, 6.07) is 0. The zero-order valence-electron chi connectivity index (χ0n) is 15.6. The lowest BCUT2D eigenvalue weighted by atomic mass is 9.86. The molecule has 3 rings (SSSR count). The second kappa shape index (κ2) is 7.87. The van der Waals surface area contributed by atoms with Gasteiger partial charge in [0.1, 0.15) is 0 Å². The molecule has 1 aromatic heterocycles. The topological polar surface area (TPSA) is 70.4 Å². The number of aromatic nitrogens is 2. The van der Waals surface area contributed by atoms with Crippen molar-refractivity contribution in [3.05, 3.63) is 17.5 Å². The monoisotopic (exact) mass is 348 g/mol. The molecule has 2 fully saturated rings. The van der Waals surface area contributed by atoms with E-state index >= 15 is 0 Å². The van der Waals surface area contributed by atoms with E-state index in [1.165, 1.54) is 32.1 Å². The second-order valence-corrected chi connectivity index (χ2v) is 7.87. The van der Waals surface area contributed by atoms with E-state index in [0.29, 0.717) is 25.4 Å². The molecule has 1 saturated carbocycles. The van der Waals surface area contributed by atoms with E-state index in [2.05, 4.69) is 10.4 Å². The van der Waals surface area contributed by atoms with Crippen LogP contribution in [0.3, 0.4) is 0 Å². The number of amides is 1. The first-order valence-corrected chi connectivity index (χ1v) is 9.69. The third-order valence-electron chi connectivity index (χ3n) is 5.98. The van der Waals surface area contributed by atoms with Gasteiger partial charge in [-0.15, -0.1) is 0 Å². The summed E-state index contributed by atoms with van der Waals surface area (Å²) in [6.07, 6.45) is 9.60. The minimum absolute atomic E-state index is 0.0836. The zero-order valence-corrected chi connectivity index (χ0v) is 15.6. The average Bonchev–Trinajstić information content (AvgIpc) is 2.92. The van der Waals surface area contributed by atoms with Gasteiger partial charge in [0.2, 0.25) is 0 Å². The van der Waals surface area contributed by atoms with Crippen molar-refractivity contribution in [2.45, 2.75) is 64.0 Å². The fraction of sp³-hybridized carbons (Fsp3) is 0.789. The van der Waals surface area contributed by atoms with E-state index in [-0.39, 0.29) is 5.91 Å². The maximum Gasteiger partial charge on any atom is 0.255 e. The van der Waals surface area contributed by atoms with Crippen molar-refractivity contribution in [1.82, 2.24) is 20.0 Å². The van der Waals surface area contributed by atoms with Gasteiger partial charge in [0.15, 0.2) is 5.60 Å². The summed E-state index contributed by atoms with van der Waals surface area (Å²) in [5.74, 6) is 0.533. The van der Waals surface area contributed by atoms with Gasteiger partial charge in [-0.25, -0.2) is 0 Å². The SMILES string of the molecule is Cc1c(CNC[C@]2(O)CCCN(CC3CCCCC3)C2=O)cnn1C. The molecule has 0 aromatic carbocycles. The smallest absolute Gasteiger partial charge is 0.255 e. The third-order valence-corrected chi connectivity index (χ3v) is 5.98.